The molecule has 1 unspecified atom stereocenters. The normalized spacial score (nSPS) is 23.4. The highest BCUT2D eigenvalue weighted by molar-refractivity contribution is 7.41. The molecule has 11 nitrogen and oxygen atoms in total. The van der Waals surface area contributed by atoms with Crippen molar-refractivity contribution < 1.29 is 38.2 Å². The Morgan fingerprint density at radius 1 is 1.07 bits per heavy atom. The van der Waals surface area contributed by atoms with Crippen LogP contribution in [0.5, 0.6) is 0 Å². The molecule has 0 spiro atoms. The predicted molar refractivity (Wildman–Crippen MR) is 109 cm³/mol. The van der Waals surface area contributed by atoms with Gasteiger partial charge in [-0.05, 0) is 11.5 Å². The molecule has 0 radical (unpaired) electrons. The smallest absolute Gasteiger partial charge is 0.447 e. The van der Waals surface area contributed by atoms with Gasteiger partial charge in [-0.1, -0.05) is 4.67 Å². The molecule has 2 aliphatic heterocycles. The fourth-order valence-corrected chi connectivity index (χ4v) is 4.13. The maximum Gasteiger partial charge on any atom is 0.463 e. The number of aliphatic hydroxyl groups excluding tert-OH is 1. The molecule has 2 heterocycles. The lowest BCUT2D eigenvalue weighted by Gasteiger charge is -2.29. The van der Waals surface area contributed by atoms with Gasteiger partial charge >= 0.3 is 14.0 Å². The molecule has 2 fully saturated rings. The third-order valence-electron chi connectivity index (χ3n) is 4.62. The van der Waals surface area contributed by atoms with Crippen molar-refractivity contribution in [1.82, 2.24) is 14.9 Å². The molecule has 0 saturated carbocycles. The van der Waals surface area contributed by atoms with Gasteiger partial charge in [0.1, 0.15) is 6.61 Å². The summed E-state index contributed by atoms with van der Waals surface area (Å²) in [5.41, 5.74) is 0. The maximum atomic E-state index is 12.4. The van der Waals surface area contributed by atoms with Crippen LogP contribution in [0.4, 0.5) is 4.79 Å². The van der Waals surface area contributed by atoms with E-state index in [1.54, 1.807) is 4.90 Å². The molecule has 2 saturated heterocycles. The monoisotopic (exact) mass is 452 g/mol. The van der Waals surface area contributed by atoms with Crippen LogP contribution in [-0.2, 0) is 28.2 Å². The summed E-state index contributed by atoms with van der Waals surface area (Å²) in [5.74, 6) is 0. The van der Waals surface area contributed by atoms with E-state index in [0.717, 1.165) is 13.1 Å². The Kier molecular flexibility index (Phi) is 12.7. The van der Waals surface area contributed by atoms with E-state index in [4.69, 9.17) is 28.8 Å². The van der Waals surface area contributed by atoms with Gasteiger partial charge in [0.25, 0.3) is 6.35 Å². The summed E-state index contributed by atoms with van der Waals surface area (Å²) in [6.07, 6.45) is -0.0857. The predicted octanol–water partition coefficient (Wildman–Crippen LogP) is -0.140. The number of piperazine rings is 1. The molecule has 30 heavy (non-hydrogen) atoms. The molecule has 0 aromatic rings. The molecule has 12 heteroatoms. The Balaban J connectivity index is 1.50. The molecular weight excluding hydrogens is 417 g/mol. The fourth-order valence-electron chi connectivity index (χ4n) is 3.08. The first-order chi connectivity index (χ1) is 14.6. The summed E-state index contributed by atoms with van der Waals surface area (Å²) in [6, 6.07) is 0. The summed E-state index contributed by atoms with van der Waals surface area (Å²) >= 11 is 0. The average Bonchev–Trinajstić information content (AvgIpc) is 2.75. The highest BCUT2D eigenvalue weighted by atomic mass is 31.1. The molecule has 0 bridgehead atoms. The van der Waals surface area contributed by atoms with E-state index in [2.05, 4.69) is 5.32 Å². The first kappa shape index (κ1) is 25.4. The van der Waals surface area contributed by atoms with Crippen molar-refractivity contribution in [1.29, 1.82) is 0 Å². The van der Waals surface area contributed by atoms with Gasteiger partial charge in [-0.2, -0.15) is 0 Å². The van der Waals surface area contributed by atoms with Crippen LogP contribution in [0.15, 0.2) is 0 Å². The number of carbonyl (C=O) groups is 1. The van der Waals surface area contributed by atoms with Crippen molar-refractivity contribution in [2.24, 2.45) is 0 Å². The maximum absolute atomic E-state index is 12.4. The molecule has 0 aromatic heterocycles. The number of carbonyl (C=O) groups excluding carboxylic acids is 1. The number of amides is 1. The SMILES string of the molecule is C[C@H]1CNC[C@@H](COC[P+](=O)N2CCN(C(=O)OCCOCCOCCO)CC2)O1. The molecular formula is C18H35N3O8P+. The molecule has 0 aromatic carbocycles. The van der Waals surface area contributed by atoms with Crippen molar-refractivity contribution >= 4 is 14.0 Å². The van der Waals surface area contributed by atoms with Gasteiger partial charge in [0.15, 0.2) is 0 Å². The standard InChI is InChI=1S/C18H35N3O8P/c1-16-12-19-13-17(29-16)14-27-15-30(24)21-4-2-20(3-5-21)18(23)28-11-10-26-9-8-25-7-6-22/h16-17,19,22H,2-15H2,1H3/q+1/t16-,17-/m0/s1. The summed E-state index contributed by atoms with van der Waals surface area (Å²) in [6.45, 7) is 7.46. The summed E-state index contributed by atoms with van der Waals surface area (Å²) in [5, 5.41) is 11.8. The Morgan fingerprint density at radius 3 is 2.47 bits per heavy atom. The zero-order valence-corrected chi connectivity index (χ0v) is 18.6. The van der Waals surface area contributed by atoms with Crippen molar-refractivity contribution in [3.63, 3.8) is 0 Å². The van der Waals surface area contributed by atoms with Crippen LogP contribution >= 0.6 is 7.95 Å². The van der Waals surface area contributed by atoms with Crippen molar-refractivity contribution in [3.05, 3.63) is 0 Å². The second-order valence-electron chi connectivity index (χ2n) is 7.08. The highest BCUT2D eigenvalue weighted by Crippen LogP contribution is 2.28. The van der Waals surface area contributed by atoms with Gasteiger partial charge in [-0.15, -0.1) is 0 Å². The third-order valence-corrected chi connectivity index (χ3v) is 6.06. The third kappa shape index (κ3) is 9.93. The molecule has 1 amide bonds. The first-order valence-corrected chi connectivity index (χ1v) is 11.8. The van der Waals surface area contributed by atoms with E-state index in [-0.39, 0.29) is 45.0 Å². The summed E-state index contributed by atoms with van der Waals surface area (Å²) < 4.78 is 41.1. The number of hydrogen-bond donors (Lipinski definition) is 2. The van der Waals surface area contributed by atoms with Gasteiger partial charge in [-0.25, -0.2) is 4.79 Å². The quantitative estimate of drug-likeness (QED) is 0.289. The second-order valence-corrected chi connectivity index (χ2v) is 8.61. The second kappa shape index (κ2) is 15.0. The van der Waals surface area contributed by atoms with Crippen LogP contribution < -0.4 is 5.32 Å². The van der Waals surface area contributed by atoms with E-state index in [0.29, 0.717) is 46.0 Å². The first-order valence-electron chi connectivity index (χ1n) is 10.4. The number of rotatable bonds is 13. The van der Waals surface area contributed by atoms with Crippen molar-refractivity contribution in [2.45, 2.75) is 19.1 Å². The van der Waals surface area contributed by atoms with Gasteiger partial charge in [0, 0.05) is 26.2 Å². The molecule has 2 rings (SSSR count). The topological polar surface area (TPSA) is 119 Å². The Labute approximate surface area is 178 Å². The van der Waals surface area contributed by atoms with Gasteiger partial charge in [0.2, 0.25) is 0 Å². The number of hydrogen-bond acceptors (Lipinski definition) is 9. The lowest BCUT2D eigenvalue weighted by Crippen LogP contribution is -2.47. The summed E-state index contributed by atoms with van der Waals surface area (Å²) in [4.78, 5) is 13.7. The van der Waals surface area contributed by atoms with Crippen LogP contribution in [0.2, 0.25) is 0 Å². The van der Waals surface area contributed by atoms with E-state index >= 15 is 0 Å². The van der Waals surface area contributed by atoms with Crippen LogP contribution in [0, 0.1) is 0 Å². The van der Waals surface area contributed by atoms with Crippen LogP contribution in [0.3, 0.4) is 0 Å². The number of ether oxygens (including phenoxy) is 5. The number of nitrogens with one attached hydrogen (secondary N) is 1. The molecule has 174 valence electrons. The van der Waals surface area contributed by atoms with E-state index in [1.807, 2.05) is 11.6 Å². The number of nitrogens with zero attached hydrogens (tertiary/aromatic N) is 2. The molecule has 3 atom stereocenters. The van der Waals surface area contributed by atoms with Crippen LogP contribution in [0.25, 0.3) is 0 Å². The highest BCUT2D eigenvalue weighted by Gasteiger charge is 2.33. The number of aliphatic hydroxyl groups is 1. The van der Waals surface area contributed by atoms with Crippen LogP contribution in [0.1, 0.15) is 6.92 Å². The lowest BCUT2D eigenvalue weighted by molar-refractivity contribution is -0.0630. The molecule has 2 aliphatic rings. The molecule has 2 N–H and O–H groups in total. The van der Waals surface area contributed by atoms with E-state index < -0.39 is 14.0 Å². The minimum Gasteiger partial charge on any atom is -0.447 e. The molecule has 0 aliphatic carbocycles. The van der Waals surface area contributed by atoms with E-state index in [9.17, 15) is 9.36 Å². The minimum atomic E-state index is -1.64. The zero-order valence-electron chi connectivity index (χ0n) is 17.7. The Hall–Kier alpha value is -0.910. The Bertz CT molecular complexity index is 508. The van der Waals surface area contributed by atoms with Crippen molar-refractivity contribution in [2.75, 3.05) is 91.9 Å². The van der Waals surface area contributed by atoms with Gasteiger partial charge < -0.3 is 39.0 Å². The zero-order chi connectivity index (χ0) is 21.6. The van der Waals surface area contributed by atoms with Crippen LogP contribution in [-0.4, -0.2) is 125 Å². The summed E-state index contributed by atoms with van der Waals surface area (Å²) in [7, 11) is -1.64. The van der Waals surface area contributed by atoms with Gasteiger partial charge in [0.05, 0.1) is 64.9 Å². The largest absolute Gasteiger partial charge is 0.463 e. The fraction of sp³-hybridized carbons (Fsp3) is 0.944. The number of morpholine rings is 1. The van der Waals surface area contributed by atoms with E-state index in [1.165, 1.54) is 0 Å². The average molecular weight is 452 g/mol. The lowest BCUT2D eigenvalue weighted by atomic mass is 10.2. The van der Waals surface area contributed by atoms with Gasteiger partial charge in [-0.3, -0.25) is 0 Å². The van der Waals surface area contributed by atoms with Crippen molar-refractivity contribution in [3.8, 4) is 0 Å². The minimum absolute atomic E-state index is 0.0131. The Morgan fingerprint density at radius 2 is 1.77 bits per heavy atom.